The van der Waals surface area contributed by atoms with E-state index in [0.29, 0.717) is 0 Å². The van der Waals surface area contributed by atoms with Gasteiger partial charge in [-0.15, -0.1) is 6.58 Å². The summed E-state index contributed by atoms with van der Waals surface area (Å²) in [6.45, 7) is 7.52. The standard InChI is InChI=1S/C19H27N3O2/c1-3-11-22-13-6-10-19(22)9-5-12-21(15-19)18(23)20-16-7-4-8-17(14-16)24-2/h3-4,7-8,14H,1,5-6,9-13,15H2,2H3,(H,20,23)/t19-/m0/s1. The van der Waals surface area contributed by atoms with Gasteiger partial charge in [0, 0.05) is 36.9 Å². The molecule has 2 saturated heterocycles. The number of rotatable bonds is 4. The van der Waals surface area contributed by atoms with Crippen LogP contribution in [-0.4, -0.2) is 54.7 Å². The first-order valence-electron chi connectivity index (χ1n) is 8.73. The van der Waals surface area contributed by atoms with Gasteiger partial charge in [0.1, 0.15) is 5.75 Å². The first kappa shape index (κ1) is 16.8. The van der Waals surface area contributed by atoms with Gasteiger partial charge in [-0.3, -0.25) is 4.90 Å². The molecule has 1 spiro atoms. The van der Waals surface area contributed by atoms with Gasteiger partial charge >= 0.3 is 6.03 Å². The van der Waals surface area contributed by atoms with Gasteiger partial charge in [0.25, 0.3) is 0 Å². The van der Waals surface area contributed by atoms with Gasteiger partial charge in [-0.05, 0) is 44.4 Å². The molecule has 24 heavy (non-hydrogen) atoms. The lowest BCUT2D eigenvalue weighted by Crippen LogP contribution is -2.57. The normalized spacial score (nSPS) is 24.1. The minimum absolute atomic E-state index is 0.0206. The zero-order valence-electron chi connectivity index (χ0n) is 14.5. The summed E-state index contributed by atoms with van der Waals surface area (Å²) >= 11 is 0. The zero-order chi connectivity index (χ0) is 17.0. The topological polar surface area (TPSA) is 44.8 Å². The Morgan fingerprint density at radius 3 is 2.92 bits per heavy atom. The lowest BCUT2D eigenvalue weighted by atomic mass is 9.86. The quantitative estimate of drug-likeness (QED) is 0.862. The Labute approximate surface area is 144 Å². The number of carbonyl (C=O) groups excluding carboxylic acids is 1. The van der Waals surface area contributed by atoms with E-state index in [4.69, 9.17) is 4.74 Å². The predicted octanol–water partition coefficient (Wildman–Crippen LogP) is 3.34. The fourth-order valence-corrected chi connectivity index (χ4v) is 4.09. The van der Waals surface area contributed by atoms with Crippen molar-refractivity contribution < 1.29 is 9.53 Å². The van der Waals surface area contributed by atoms with E-state index in [0.717, 1.165) is 44.0 Å². The predicted molar refractivity (Wildman–Crippen MR) is 96.6 cm³/mol. The van der Waals surface area contributed by atoms with E-state index >= 15 is 0 Å². The third-order valence-corrected chi connectivity index (χ3v) is 5.25. The molecule has 0 saturated carbocycles. The van der Waals surface area contributed by atoms with Gasteiger partial charge in [-0.1, -0.05) is 12.1 Å². The Kier molecular flexibility index (Phi) is 5.09. The van der Waals surface area contributed by atoms with Crippen molar-refractivity contribution in [2.24, 2.45) is 0 Å². The first-order valence-corrected chi connectivity index (χ1v) is 8.73. The Balaban J connectivity index is 1.67. The number of hydrogen-bond donors (Lipinski definition) is 1. The molecule has 0 unspecified atom stereocenters. The van der Waals surface area contributed by atoms with Crippen molar-refractivity contribution in [2.75, 3.05) is 38.6 Å². The number of amides is 2. The molecular formula is C19H27N3O2. The minimum Gasteiger partial charge on any atom is -0.497 e. The first-order chi connectivity index (χ1) is 11.7. The highest BCUT2D eigenvalue weighted by atomic mass is 16.5. The number of carbonyl (C=O) groups is 1. The van der Waals surface area contributed by atoms with Crippen LogP contribution in [0.25, 0.3) is 0 Å². The lowest BCUT2D eigenvalue weighted by Gasteiger charge is -2.45. The third kappa shape index (κ3) is 3.41. The molecule has 1 N–H and O–H groups in total. The number of hydrogen-bond acceptors (Lipinski definition) is 3. The highest BCUT2D eigenvalue weighted by molar-refractivity contribution is 5.89. The molecule has 2 aliphatic heterocycles. The summed E-state index contributed by atoms with van der Waals surface area (Å²) in [6.07, 6.45) is 6.58. The highest BCUT2D eigenvalue weighted by Gasteiger charge is 2.44. The molecule has 2 fully saturated rings. The average Bonchev–Trinajstić information content (AvgIpc) is 2.97. The van der Waals surface area contributed by atoms with Crippen molar-refractivity contribution in [1.29, 1.82) is 0 Å². The molecule has 130 valence electrons. The SMILES string of the molecule is C=CCN1CCC[C@]12CCCN(C(=O)Nc1cccc(OC)c1)C2. The molecule has 3 rings (SSSR count). The lowest BCUT2D eigenvalue weighted by molar-refractivity contribution is 0.0670. The molecular weight excluding hydrogens is 302 g/mol. The van der Waals surface area contributed by atoms with E-state index in [1.807, 2.05) is 35.2 Å². The number of urea groups is 1. The number of ether oxygens (including phenoxy) is 1. The van der Waals surface area contributed by atoms with Crippen LogP contribution in [0.15, 0.2) is 36.9 Å². The minimum atomic E-state index is -0.0206. The molecule has 0 aliphatic carbocycles. The second-order valence-corrected chi connectivity index (χ2v) is 6.75. The number of anilines is 1. The van der Waals surface area contributed by atoms with Gasteiger partial charge in [-0.2, -0.15) is 0 Å². The smallest absolute Gasteiger partial charge is 0.321 e. The van der Waals surface area contributed by atoms with Crippen LogP contribution in [0.3, 0.4) is 0 Å². The van der Waals surface area contributed by atoms with Crippen molar-refractivity contribution in [3.63, 3.8) is 0 Å². The Morgan fingerprint density at radius 1 is 1.38 bits per heavy atom. The van der Waals surface area contributed by atoms with Gasteiger partial charge in [0.15, 0.2) is 0 Å². The van der Waals surface area contributed by atoms with E-state index in [-0.39, 0.29) is 11.6 Å². The van der Waals surface area contributed by atoms with Crippen molar-refractivity contribution >= 4 is 11.7 Å². The van der Waals surface area contributed by atoms with Gasteiger partial charge in [0.2, 0.25) is 0 Å². The Morgan fingerprint density at radius 2 is 2.17 bits per heavy atom. The number of nitrogens with one attached hydrogen (secondary N) is 1. The van der Waals surface area contributed by atoms with Crippen LogP contribution in [0, 0.1) is 0 Å². The second kappa shape index (κ2) is 7.26. The molecule has 5 nitrogen and oxygen atoms in total. The maximum absolute atomic E-state index is 12.7. The van der Waals surface area contributed by atoms with Gasteiger partial charge in [0.05, 0.1) is 7.11 Å². The van der Waals surface area contributed by atoms with Crippen LogP contribution in [0.5, 0.6) is 5.75 Å². The maximum Gasteiger partial charge on any atom is 0.321 e. The summed E-state index contributed by atoms with van der Waals surface area (Å²) < 4.78 is 5.22. The van der Waals surface area contributed by atoms with Crippen molar-refractivity contribution in [3.8, 4) is 5.75 Å². The van der Waals surface area contributed by atoms with Crippen LogP contribution in [0.4, 0.5) is 10.5 Å². The molecule has 1 aromatic carbocycles. The number of nitrogens with zero attached hydrogens (tertiary/aromatic N) is 2. The summed E-state index contributed by atoms with van der Waals surface area (Å²) in [4.78, 5) is 17.2. The largest absolute Gasteiger partial charge is 0.497 e. The number of benzene rings is 1. The van der Waals surface area contributed by atoms with E-state index in [9.17, 15) is 4.79 Å². The third-order valence-electron chi connectivity index (χ3n) is 5.25. The summed E-state index contributed by atoms with van der Waals surface area (Å²) in [7, 11) is 1.63. The van der Waals surface area contributed by atoms with Crippen LogP contribution in [0.2, 0.25) is 0 Å². The van der Waals surface area contributed by atoms with E-state index in [1.54, 1.807) is 7.11 Å². The fourth-order valence-electron chi connectivity index (χ4n) is 4.09. The van der Waals surface area contributed by atoms with Gasteiger partial charge in [-0.25, -0.2) is 4.79 Å². The summed E-state index contributed by atoms with van der Waals surface area (Å²) in [6, 6.07) is 7.47. The van der Waals surface area contributed by atoms with Crippen molar-refractivity contribution in [1.82, 2.24) is 9.80 Å². The monoisotopic (exact) mass is 329 g/mol. The van der Waals surface area contributed by atoms with E-state index < -0.39 is 0 Å². The number of methoxy groups -OCH3 is 1. The van der Waals surface area contributed by atoms with Crippen LogP contribution >= 0.6 is 0 Å². The van der Waals surface area contributed by atoms with E-state index in [2.05, 4.69) is 16.8 Å². The summed E-state index contributed by atoms with van der Waals surface area (Å²) in [5.41, 5.74) is 0.909. The molecule has 2 aliphatic rings. The van der Waals surface area contributed by atoms with E-state index in [1.165, 1.54) is 19.3 Å². The maximum atomic E-state index is 12.7. The molecule has 5 heteroatoms. The summed E-state index contributed by atoms with van der Waals surface area (Å²) in [5, 5.41) is 3.01. The zero-order valence-corrected chi connectivity index (χ0v) is 14.5. The number of likely N-dealkylation sites (tertiary alicyclic amines) is 2. The van der Waals surface area contributed by atoms with Crippen LogP contribution in [-0.2, 0) is 0 Å². The number of piperidine rings is 1. The molecule has 0 radical (unpaired) electrons. The van der Waals surface area contributed by atoms with Crippen LogP contribution < -0.4 is 10.1 Å². The highest BCUT2D eigenvalue weighted by Crippen LogP contribution is 2.37. The summed E-state index contributed by atoms with van der Waals surface area (Å²) in [5.74, 6) is 0.746. The molecule has 1 aromatic rings. The molecule has 0 bridgehead atoms. The molecule has 1 atom stereocenters. The van der Waals surface area contributed by atoms with Gasteiger partial charge < -0.3 is 15.0 Å². The Hall–Kier alpha value is -2.01. The van der Waals surface area contributed by atoms with Crippen molar-refractivity contribution in [3.05, 3.63) is 36.9 Å². The molecule has 2 amide bonds. The Bertz CT molecular complexity index is 604. The second-order valence-electron chi connectivity index (χ2n) is 6.75. The average molecular weight is 329 g/mol. The van der Waals surface area contributed by atoms with Crippen molar-refractivity contribution in [2.45, 2.75) is 31.2 Å². The molecule has 2 heterocycles. The fraction of sp³-hybridized carbons (Fsp3) is 0.526. The van der Waals surface area contributed by atoms with Crippen LogP contribution in [0.1, 0.15) is 25.7 Å². The molecule has 0 aromatic heterocycles.